The minimum atomic E-state index is -0.0227. The summed E-state index contributed by atoms with van der Waals surface area (Å²) in [5, 5.41) is 10.6. The number of hydrazone groups is 1. The molecule has 0 saturated carbocycles. The lowest BCUT2D eigenvalue weighted by molar-refractivity contribution is -0.113. The number of hydrazine groups is 1. The highest BCUT2D eigenvalue weighted by Crippen LogP contribution is 2.35. The van der Waals surface area contributed by atoms with Crippen LogP contribution < -0.4 is 16.2 Å². The van der Waals surface area contributed by atoms with E-state index in [2.05, 4.69) is 80.7 Å². The van der Waals surface area contributed by atoms with Gasteiger partial charge in [-0.05, 0) is 43.9 Å². The maximum Gasteiger partial charge on any atom is 0.234 e. The Balaban J connectivity index is 1.19. The average molecular weight is 449 g/mol. The molecule has 3 aliphatic heterocycles. The Kier molecular flexibility index (Phi) is 5.57. The van der Waals surface area contributed by atoms with E-state index in [1.165, 1.54) is 22.9 Å². The summed E-state index contributed by atoms with van der Waals surface area (Å²) >= 11 is 1.45. The van der Waals surface area contributed by atoms with Crippen LogP contribution in [0.3, 0.4) is 0 Å². The van der Waals surface area contributed by atoms with Crippen LogP contribution >= 0.6 is 11.8 Å². The number of nitrogens with one attached hydrogen (secondary N) is 3. The fourth-order valence-electron chi connectivity index (χ4n) is 4.74. The fraction of sp³-hybridized carbons (Fsp3) is 0.333. The van der Waals surface area contributed by atoms with Gasteiger partial charge in [-0.2, -0.15) is 5.10 Å². The molecule has 32 heavy (non-hydrogen) atoms. The molecular formula is C24H28N6OS. The molecule has 1 saturated heterocycles. The van der Waals surface area contributed by atoms with Crippen molar-refractivity contribution in [2.75, 3.05) is 11.1 Å². The first-order valence-electron chi connectivity index (χ1n) is 10.9. The molecule has 5 rings (SSSR count). The molecule has 3 heterocycles. The number of fused-ring (bicyclic) bond motifs is 3. The van der Waals surface area contributed by atoms with E-state index in [0.29, 0.717) is 5.75 Å². The molecule has 0 radical (unpaired) electrons. The highest BCUT2D eigenvalue weighted by molar-refractivity contribution is 8.14. The number of carbonyl (C=O) groups is 1. The van der Waals surface area contributed by atoms with Crippen molar-refractivity contribution in [3.8, 4) is 0 Å². The lowest BCUT2D eigenvalue weighted by Crippen LogP contribution is -2.54. The number of aryl methyl sites for hydroxylation is 3. The van der Waals surface area contributed by atoms with Crippen molar-refractivity contribution in [3.63, 3.8) is 0 Å². The standard InChI is InChI=1S/C24H28N6OS/c1-15-11-16(2)22(17(3)12-15)25-21(31)14-32-24-27-26-23-20-13-19(18-7-5-4-6-8-18)28-30(20)10-9-29(23)24/h4-12,19-20,23,26,28H,13-14H2,1-3H3,(H,25,31). The van der Waals surface area contributed by atoms with Gasteiger partial charge in [0.05, 0.1) is 17.8 Å². The lowest BCUT2D eigenvalue weighted by atomic mass is 10.00. The summed E-state index contributed by atoms with van der Waals surface area (Å²) in [4.78, 5) is 14.8. The van der Waals surface area contributed by atoms with E-state index in [1.807, 2.05) is 26.1 Å². The van der Waals surface area contributed by atoms with Gasteiger partial charge in [0.2, 0.25) is 5.91 Å². The van der Waals surface area contributed by atoms with Crippen LogP contribution in [0.25, 0.3) is 0 Å². The second kappa shape index (κ2) is 8.52. The monoisotopic (exact) mass is 448 g/mol. The van der Waals surface area contributed by atoms with Crippen LogP contribution in [0, 0.1) is 20.8 Å². The number of amides is 1. The molecule has 3 aliphatic rings. The zero-order valence-electron chi connectivity index (χ0n) is 18.5. The Morgan fingerprint density at radius 1 is 1.16 bits per heavy atom. The van der Waals surface area contributed by atoms with Gasteiger partial charge in [-0.3, -0.25) is 10.2 Å². The van der Waals surface area contributed by atoms with Gasteiger partial charge in [-0.25, -0.2) is 5.43 Å². The number of rotatable bonds is 4. The Hall–Kier alpha value is -2.97. The van der Waals surface area contributed by atoms with E-state index >= 15 is 0 Å². The largest absolute Gasteiger partial charge is 0.325 e. The normalized spacial score (nSPS) is 23.5. The molecule has 7 nitrogen and oxygen atoms in total. The zero-order chi connectivity index (χ0) is 22.2. The third-order valence-corrected chi connectivity index (χ3v) is 7.15. The molecule has 0 bridgehead atoms. The van der Waals surface area contributed by atoms with Crippen molar-refractivity contribution in [3.05, 3.63) is 77.1 Å². The van der Waals surface area contributed by atoms with E-state index in [-0.39, 0.29) is 24.2 Å². The van der Waals surface area contributed by atoms with Crippen molar-refractivity contribution >= 4 is 28.5 Å². The van der Waals surface area contributed by atoms with Gasteiger partial charge >= 0.3 is 0 Å². The van der Waals surface area contributed by atoms with Gasteiger partial charge in [0, 0.05) is 18.1 Å². The number of thioether (sulfide) groups is 1. The quantitative estimate of drug-likeness (QED) is 0.664. The van der Waals surface area contributed by atoms with Crippen molar-refractivity contribution in [1.82, 2.24) is 20.8 Å². The second-order valence-corrected chi connectivity index (χ2v) is 9.53. The lowest BCUT2D eigenvalue weighted by Gasteiger charge is -2.36. The second-order valence-electron chi connectivity index (χ2n) is 8.59. The summed E-state index contributed by atoms with van der Waals surface area (Å²) in [5.41, 5.74) is 12.4. The number of benzene rings is 2. The molecule has 1 fully saturated rings. The summed E-state index contributed by atoms with van der Waals surface area (Å²) in [5.74, 6) is 0.286. The van der Waals surface area contributed by atoms with Gasteiger partial charge < -0.3 is 15.2 Å². The van der Waals surface area contributed by atoms with Crippen LogP contribution in [0.1, 0.15) is 34.7 Å². The molecular weight excluding hydrogens is 420 g/mol. The maximum absolute atomic E-state index is 12.6. The first-order chi connectivity index (χ1) is 15.5. The highest BCUT2D eigenvalue weighted by Gasteiger charge is 2.44. The minimum Gasteiger partial charge on any atom is -0.325 e. The topological polar surface area (TPSA) is 72.0 Å². The van der Waals surface area contributed by atoms with Crippen LogP contribution in [-0.4, -0.2) is 38.9 Å². The average Bonchev–Trinajstić information content (AvgIpc) is 3.39. The predicted octanol–water partition coefficient (Wildman–Crippen LogP) is 3.59. The number of carbonyl (C=O) groups excluding carboxylic acids is 1. The van der Waals surface area contributed by atoms with Crippen molar-refractivity contribution in [2.45, 2.75) is 45.4 Å². The summed E-state index contributed by atoms with van der Waals surface area (Å²) < 4.78 is 0. The summed E-state index contributed by atoms with van der Waals surface area (Å²) in [7, 11) is 0. The van der Waals surface area contributed by atoms with E-state index in [9.17, 15) is 4.79 Å². The third kappa shape index (κ3) is 3.96. The van der Waals surface area contributed by atoms with Crippen LogP contribution in [-0.2, 0) is 4.79 Å². The van der Waals surface area contributed by atoms with Gasteiger partial charge in [-0.1, -0.05) is 59.8 Å². The SMILES string of the molecule is Cc1cc(C)c(NC(=O)CSC2=NNC3C4CC(c5ccccc5)NN4C=CN23)c(C)c1. The van der Waals surface area contributed by atoms with Crippen LogP contribution in [0.15, 0.2) is 60.0 Å². The van der Waals surface area contributed by atoms with Crippen LogP contribution in [0.5, 0.6) is 0 Å². The summed E-state index contributed by atoms with van der Waals surface area (Å²) in [6, 6.07) is 15.2. The molecule has 0 spiro atoms. The smallest absolute Gasteiger partial charge is 0.234 e. The van der Waals surface area contributed by atoms with E-state index in [4.69, 9.17) is 0 Å². The van der Waals surface area contributed by atoms with Gasteiger partial charge in [0.1, 0.15) is 6.17 Å². The Labute approximate surface area is 192 Å². The fourth-order valence-corrected chi connectivity index (χ4v) is 5.51. The highest BCUT2D eigenvalue weighted by atomic mass is 32.2. The number of hydrogen-bond acceptors (Lipinski definition) is 7. The Morgan fingerprint density at radius 2 is 1.91 bits per heavy atom. The van der Waals surface area contributed by atoms with Gasteiger partial charge in [0.25, 0.3) is 0 Å². The minimum absolute atomic E-state index is 0.0227. The molecule has 2 aromatic rings. The summed E-state index contributed by atoms with van der Waals surface area (Å²) in [6.45, 7) is 6.13. The number of anilines is 1. The molecule has 2 aromatic carbocycles. The first-order valence-corrected chi connectivity index (χ1v) is 11.9. The number of amidine groups is 1. The van der Waals surface area contributed by atoms with Crippen LogP contribution in [0.4, 0.5) is 5.69 Å². The van der Waals surface area contributed by atoms with E-state index in [0.717, 1.165) is 28.4 Å². The Morgan fingerprint density at radius 3 is 2.66 bits per heavy atom. The van der Waals surface area contributed by atoms with Crippen molar-refractivity contribution in [2.24, 2.45) is 5.10 Å². The van der Waals surface area contributed by atoms with Crippen molar-refractivity contribution in [1.29, 1.82) is 0 Å². The number of nitrogens with zero attached hydrogens (tertiary/aromatic N) is 3. The van der Waals surface area contributed by atoms with E-state index < -0.39 is 0 Å². The molecule has 3 unspecified atom stereocenters. The molecule has 166 valence electrons. The van der Waals surface area contributed by atoms with Crippen molar-refractivity contribution < 1.29 is 4.79 Å². The first kappa shape index (κ1) is 20.9. The molecule has 1 amide bonds. The summed E-state index contributed by atoms with van der Waals surface area (Å²) in [6.07, 6.45) is 5.11. The van der Waals surface area contributed by atoms with Gasteiger partial charge in [0.15, 0.2) is 5.17 Å². The number of hydrogen-bond donors (Lipinski definition) is 3. The predicted molar refractivity (Wildman–Crippen MR) is 130 cm³/mol. The maximum atomic E-state index is 12.6. The van der Waals surface area contributed by atoms with Crippen LogP contribution in [0.2, 0.25) is 0 Å². The molecule has 0 aliphatic carbocycles. The molecule has 3 atom stereocenters. The molecule has 0 aromatic heterocycles. The molecule has 8 heteroatoms. The molecule has 3 N–H and O–H groups in total. The zero-order valence-corrected chi connectivity index (χ0v) is 19.3. The Bertz CT molecular complexity index is 1060. The third-order valence-electron chi connectivity index (χ3n) is 6.18. The van der Waals surface area contributed by atoms with E-state index in [1.54, 1.807) is 0 Å². The van der Waals surface area contributed by atoms with Gasteiger partial charge in [-0.15, -0.1) is 0 Å².